The Bertz CT molecular complexity index is 645. The maximum Gasteiger partial charge on any atom is 0.229 e. The lowest BCUT2D eigenvalue weighted by Crippen LogP contribution is -2.60. The molecule has 1 aromatic rings. The topological polar surface area (TPSA) is 157 Å². The molecular weight excluding hydrogens is 348 g/mol. The molecule has 1 aromatic carbocycles. The van der Waals surface area contributed by atoms with E-state index in [0.717, 1.165) is 12.1 Å². The minimum atomic E-state index is -1.69. The van der Waals surface area contributed by atoms with Crippen molar-refractivity contribution in [2.75, 3.05) is 6.61 Å². The minimum absolute atomic E-state index is 0.200. The molecule has 146 valence electrons. The maximum absolute atomic E-state index is 12.5. The Kier molecular flexibility index (Phi) is 6.43. The highest BCUT2D eigenvalue weighted by Gasteiger charge is 2.45. The van der Waals surface area contributed by atoms with Crippen LogP contribution in [0.2, 0.25) is 0 Å². The second kappa shape index (κ2) is 8.19. The summed E-state index contributed by atoms with van der Waals surface area (Å²) in [6.45, 7) is 2.80. The van der Waals surface area contributed by atoms with Gasteiger partial charge in [0.25, 0.3) is 0 Å². The number of rotatable bonds is 6. The third-order valence-electron chi connectivity index (χ3n) is 4.46. The van der Waals surface area contributed by atoms with E-state index in [1.807, 2.05) is 0 Å². The zero-order valence-electron chi connectivity index (χ0n) is 14.4. The lowest BCUT2D eigenvalue weighted by atomic mass is 9.95. The molecule has 0 spiro atoms. The number of aliphatic hydroxyl groups is 4. The van der Waals surface area contributed by atoms with Gasteiger partial charge >= 0.3 is 0 Å². The summed E-state index contributed by atoms with van der Waals surface area (Å²) in [5.41, 5.74) is -0.200. The summed E-state index contributed by atoms with van der Waals surface area (Å²) in [6, 6.07) is 2.05. The second-order valence-electron chi connectivity index (χ2n) is 6.33. The van der Waals surface area contributed by atoms with E-state index in [4.69, 9.17) is 9.47 Å². The van der Waals surface area contributed by atoms with Crippen LogP contribution in [0.3, 0.4) is 0 Å². The van der Waals surface area contributed by atoms with Crippen molar-refractivity contribution in [2.45, 2.75) is 51.0 Å². The van der Waals surface area contributed by atoms with E-state index in [1.165, 1.54) is 0 Å². The Morgan fingerprint density at radius 1 is 1.19 bits per heavy atom. The Balaban J connectivity index is 2.37. The number of carbonyl (C=O) groups is 1. The smallest absolute Gasteiger partial charge is 0.229 e. The van der Waals surface area contributed by atoms with Crippen LogP contribution in [0.4, 0.5) is 0 Å². The highest BCUT2D eigenvalue weighted by Crippen LogP contribution is 2.37. The van der Waals surface area contributed by atoms with E-state index >= 15 is 0 Å². The summed E-state index contributed by atoms with van der Waals surface area (Å²) in [5, 5.41) is 58.7. The van der Waals surface area contributed by atoms with Crippen LogP contribution in [0.25, 0.3) is 0 Å². The van der Waals surface area contributed by atoms with Gasteiger partial charge in [0.15, 0.2) is 5.78 Å². The van der Waals surface area contributed by atoms with E-state index in [0.29, 0.717) is 6.42 Å². The highest BCUT2D eigenvalue weighted by atomic mass is 16.7. The van der Waals surface area contributed by atoms with Gasteiger partial charge in [-0.2, -0.15) is 0 Å². The van der Waals surface area contributed by atoms with Crippen LogP contribution in [0, 0.1) is 5.92 Å². The third-order valence-corrected chi connectivity index (χ3v) is 4.46. The van der Waals surface area contributed by atoms with Gasteiger partial charge in [-0.3, -0.25) is 4.79 Å². The van der Waals surface area contributed by atoms with Crippen LogP contribution in [-0.4, -0.2) is 73.7 Å². The first-order valence-corrected chi connectivity index (χ1v) is 8.28. The van der Waals surface area contributed by atoms with Crippen LogP contribution in [0.15, 0.2) is 12.1 Å². The summed E-state index contributed by atoms with van der Waals surface area (Å²) >= 11 is 0. The number of hydrogen-bond acceptors (Lipinski definition) is 9. The molecule has 6 atom stereocenters. The first-order valence-electron chi connectivity index (χ1n) is 8.28. The number of phenols is 2. The van der Waals surface area contributed by atoms with E-state index in [9.17, 15) is 35.4 Å². The molecule has 26 heavy (non-hydrogen) atoms. The van der Waals surface area contributed by atoms with Crippen molar-refractivity contribution in [3.05, 3.63) is 17.7 Å². The first kappa shape index (κ1) is 20.4. The third kappa shape index (κ3) is 3.92. The average molecular weight is 372 g/mol. The van der Waals surface area contributed by atoms with E-state index in [2.05, 4.69) is 0 Å². The summed E-state index contributed by atoms with van der Waals surface area (Å²) in [6.07, 6.45) is -7.16. The predicted molar refractivity (Wildman–Crippen MR) is 88.0 cm³/mol. The fourth-order valence-corrected chi connectivity index (χ4v) is 2.65. The van der Waals surface area contributed by atoms with Gasteiger partial charge in [-0.05, 0) is 6.42 Å². The molecule has 1 heterocycles. The zero-order valence-corrected chi connectivity index (χ0v) is 14.4. The van der Waals surface area contributed by atoms with Crippen molar-refractivity contribution in [2.24, 2.45) is 5.92 Å². The fraction of sp³-hybridized carbons (Fsp3) is 0.588. The minimum Gasteiger partial charge on any atom is -0.508 e. The van der Waals surface area contributed by atoms with Crippen LogP contribution in [0.1, 0.15) is 30.6 Å². The lowest BCUT2D eigenvalue weighted by Gasteiger charge is -2.39. The average Bonchev–Trinajstić information content (AvgIpc) is 2.60. The van der Waals surface area contributed by atoms with Crippen molar-refractivity contribution in [1.82, 2.24) is 0 Å². The van der Waals surface area contributed by atoms with E-state index < -0.39 is 54.8 Å². The molecule has 1 aliphatic heterocycles. The molecule has 0 saturated carbocycles. The van der Waals surface area contributed by atoms with E-state index in [-0.39, 0.29) is 17.1 Å². The summed E-state index contributed by atoms with van der Waals surface area (Å²) < 4.78 is 10.7. The Morgan fingerprint density at radius 3 is 2.42 bits per heavy atom. The van der Waals surface area contributed by atoms with Gasteiger partial charge in [0.2, 0.25) is 6.29 Å². The fourth-order valence-electron chi connectivity index (χ4n) is 2.65. The number of ether oxygens (including phenoxy) is 2. The number of Topliss-reactive ketones (excluding diaryl/α,β-unsaturated/α-hetero) is 1. The first-order chi connectivity index (χ1) is 12.2. The van der Waals surface area contributed by atoms with Crippen LogP contribution < -0.4 is 4.74 Å². The normalized spacial score (nSPS) is 30.0. The number of hydrogen-bond donors (Lipinski definition) is 6. The Labute approximate surface area is 150 Å². The molecule has 1 fully saturated rings. The highest BCUT2D eigenvalue weighted by molar-refractivity contribution is 6.02. The monoisotopic (exact) mass is 372 g/mol. The molecular formula is C17H24O9. The number of ketones is 1. The Morgan fingerprint density at radius 2 is 1.85 bits per heavy atom. The number of phenolic OH excluding ortho intramolecular Hbond substituents is 2. The molecule has 1 saturated heterocycles. The quantitative estimate of drug-likeness (QED) is 0.362. The summed E-state index contributed by atoms with van der Waals surface area (Å²) in [7, 11) is 0. The molecule has 2 rings (SSSR count). The molecule has 0 aromatic heterocycles. The SMILES string of the molecule is CC[C@H](C)C(=O)c1c(O)cc(O)cc1O[C@@H]1O[C@H](CO)[C@@H](O)[C@H](O)[C@H]1O. The van der Waals surface area contributed by atoms with Gasteiger partial charge in [-0.25, -0.2) is 0 Å². The molecule has 0 radical (unpaired) electrons. The standard InChI is InChI=1S/C17H24O9/c1-3-7(2)13(21)12-9(20)4-8(19)5-10(12)25-17-16(24)15(23)14(22)11(6-18)26-17/h4-5,7,11,14-20,22-24H,3,6H2,1-2H3/t7-,11+,14+,15-,16+,17+/m0/s1. The second-order valence-corrected chi connectivity index (χ2v) is 6.33. The maximum atomic E-state index is 12.5. The molecule has 9 nitrogen and oxygen atoms in total. The largest absolute Gasteiger partial charge is 0.508 e. The van der Waals surface area contributed by atoms with Gasteiger partial charge in [0.1, 0.15) is 47.2 Å². The number of benzene rings is 1. The van der Waals surface area contributed by atoms with Gasteiger partial charge in [0.05, 0.1) is 6.61 Å². The molecule has 0 amide bonds. The zero-order chi connectivity index (χ0) is 19.6. The molecule has 1 aliphatic rings. The van der Waals surface area contributed by atoms with Crippen molar-refractivity contribution in [3.8, 4) is 17.2 Å². The van der Waals surface area contributed by atoms with Gasteiger partial charge in [0, 0.05) is 18.1 Å². The van der Waals surface area contributed by atoms with E-state index in [1.54, 1.807) is 13.8 Å². The molecule has 0 bridgehead atoms. The summed E-state index contributed by atoms with van der Waals surface area (Å²) in [4.78, 5) is 12.5. The van der Waals surface area contributed by atoms with Crippen molar-refractivity contribution < 1.29 is 44.9 Å². The van der Waals surface area contributed by atoms with Crippen LogP contribution in [-0.2, 0) is 4.74 Å². The molecule has 6 N–H and O–H groups in total. The number of carbonyl (C=O) groups excluding carboxylic acids is 1. The molecule has 9 heteroatoms. The molecule has 0 aliphatic carbocycles. The predicted octanol–water partition coefficient (Wildman–Crippen LogP) is -0.495. The summed E-state index contributed by atoms with van der Waals surface area (Å²) in [5.74, 6) is -2.03. The van der Waals surface area contributed by atoms with Gasteiger partial charge < -0.3 is 40.1 Å². The van der Waals surface area contributed by atoms with Crippen molar-refractivity contribution in [1.29, 1.82) is 0 Å². The number of aliphatic hydroxyl groups excluding tert-OH is 4. The van der Waals surface area contributed by atoms with Gasteiger partial charge in [-0.1, -0.05) is 13.8 Å². The number of aromatic hydroxyl groups is 2. The van der Waals surface area contributed by atoms with Crippen molar-refractivity contribution in [3.63, 3.8) is 0 Å². The van der Waals surface area contributed by atoms with Gasteiger partial charge in [-0.15, -0.1) is 0 Å². The van der Waals surface area contributed by atoms with Crippen LogP contribution >= 0.6 is 0 Å². The molecule has 0 unspecified atom stereocenters. The van der Waals surface area contributed by atoms with Crippen molar-refractivity contribution >= 4 is 5.78 Å². The lowest BCUT2D eigenvalue weighted by molar-refractivity contribution is -0.277. The Hall–Kier alpha value is -1.91. The van der Waals surface area contributed by atoms with Crippen LogP contribution in [0.5, 0.6) is 17.2 Å².